The van der Waals surface area contributed by atoms with Gasteiger partial charge in [0.05, 0.1) is 18.4 Å². The van der Waals surface area contributed by atoms with Gasteiger partial charge in [0.1, 0.15) is 11.9 Å². The summed E-state index contributed by atoms with van der Waals surface area (Å²) in [4.78, 5) is 35.2. The van der Waals surface area contributed by atoms with E-state index in [0.29, 0.717) is 43.3 Å². The fourth-order valence-electron chi connectivity index (χ4n) is 7.24. The molecule has 2 atom stereocenters. The summed E-state index contributed by atoms with van der Waals surface area (Å²) in [5.74, 6) is 2.71. The first-order valence-electron chi connectivity index (χ1n) is 16.0. The number of imidazole rings is 1. The van der Waals surface area contributed by atoms with E-state index in [4.69, 9.17) is 15.5 Å². The van der Waals surface area contributed by atoms with Gasteiger partial charge in [0.15, 0.2) is 5.96 Å². The molecule has 0 saturated heterocycles. The van der Waals surface area contributed by atoms with Crippen molar-refractivity contribution in [2.45, 2.75) is 115 Å². The number of H-pyrrole nitrogens is 1. The molecule has 2 aromatic rings. The van der Waals surface area contributed by atoms with E-state index in [-0.39, 0.29) is 18.1 Å². The van der Waals surface area contributed by atoms with Crippen molar-refractivity contribution in [3.05, 3.63) is 60.3 Å². The molecule has 0 radical (unpaired) electrons. The summed E-state index contributed by atoms with van der Waals surface area (Å²) in [6, 6.07) is 2.46. The molecule has 4 aliphatic rings. The number of aliphatic imine (C=N–C) groups is 1. The zero-order valence-corrected chi connectivity index (χ0v) is 24.7. The van der Waals surface area contributed by atoms with Gasteiger partial charge in [0, 0.05) is 55.5 Å². The Labute approximate surface area is 249 Å². The van der Waals surface area contributed by atoms with Crippen LogP contribution >= 0.6 is 0 Å². The monoisotopic (exact) mass is 571 g/mol. The first-order chi connectivity index (χ1) is 20.6. The van der Waals surface area contributed by atoms with Gasteiger partial charge >= 0.3 is 0 Å². The van der Waals surface area contributed by atoms with E-state index in [1.54, 1.807) is 12.4 Å². The number of aromatic amines is 1. The maximum absolute atomic E-state index is 13.9. The summed E-state index contributed by atoms with van der Waals surface area (Å²) in [5, 5.41) is 0. The highest BCUT2D eigenvalue weighted by molar-refractivity contribution is 5.84. The number of hydrogen-bond donors (Lipinski definition) is 2. The lowest BCUT2D eigenvalue weighted by molar-refractivity contribution is -0.135. The molecule has 2 saturated carbocycles. The summed E-state index contributed by atoms with van der Waals surface area (Å²) in [7, 11) is 0. The van der Waals surface area contributed by atoms with Crippen molar-refractivity contribution in [1.82, 2.24) is 24.8 Å². The third kappa shape index (κ3) is 6.88. The average Bonchev–Trinajstić information content (AvgIpc) is 3.55. The average molecular weight is 572 g/mol. The summed E-state index contributed by atoms with van der Waals surface area (Å²) in [5.41, 5.74) is 8.52. The molecule has 0 aromatic carbocycles. The minimum Gasteiger partial charge on any atom is -0.470 e. The lowest BCUT2D eigenvalue weighted by Gasteiger charge is -2.41. The lowest BCUT2D eigenvalue weighted by atomic mass is 9.81. The minimum absolute atomic E-state index is 0.0110. The Hall–Kier alpha value is -3.62. The largest absolute Gasteiger partial charge is 0.470 e. The Balaban J connectivity index is 1.18. The van der Waals surface area contributed by atoms with Crippen molar-refractivity contribution >= 4 is 17.6 Å². The molecule has 224 valence electrons. The quantitative estimate of drug-likeness (QED) is 0.366. The van der Waals surface area contributed by atoms with Crippen LogP contribution < -0.4 is 10.5 Å². The van der Waals surface area contributed by atoms with Crippen LogP contribution in [0.2, 0.25) is 0 Å². The van der Waals surface area contributed by atoms with Crippen molar-refractivity contribution in [2.24, 2.45) is 16.6 Å². The number of allylic oxidation sites excluding steroid dienone is 2. The number of nitrogens with zero attached hydrogens (tertiary/aromatic N) is 5. The molecular weight excluding hydrogens is 526 g/mol. The van der Waals surface area contributed by atoms with Crippen LogP contribution in [0.15, 0.2) is 54.0 Å². The van der Waals surface area contributed by atoms with E-state index in [2.05, 4.69) is 36.9 Å². The summed E-state index contributed by atoms with van der Waals surface area (Å²) in [6.07, 6.45) is 27.5. The molecule has 1 amide bonds. The van der Waals surface area contributed by atoms with E-state index < -0.39 is 0 Å². The van der Waals surface area contributed by atoms with Gasteiger partial charge in [-0.05, 0) is 44.1 Å². The molecular formula is C33H45N7O2. The van der Waals surface area contributed by atoms with E-state index >= 15 is 0 Å². The molecule has 6 rings (SSSR count). The van der Waals surface area contributed by atoms with E-state index in [1.165, 1.54) is 51.4 Å². The molecule has 2 fully saturated rings. The highest BCUT2D eigenvalue weighted by Crippen LogP contribution is 2.36. The number of nitrogens with two attached hydrogens (primary N) is 1. The number of guanidine groups is 1. The standard InChI is InChI=1S/C33H45N7O2/c34-33-38-28-21-37-31(42-27-14-8-3-9-15-27)20-25(28)22-40(33)29(24-10-4-1-5-11-24)16-17-32(41)39(23-30-35-18-19-36-30)26-12-6-2-7-13-26/h3,8-9,14,18-21,24,26-27,29H,1-2,4-7,10-13,15-17,22-23H2,(H2,34,38)(H,35,36)/t27?,29-/m0/s1. The molecule has 2 aromatic heterocycles. The third-order valence-electron chi connectivity index (χ3n) is 9.48. The van der Waals surface area contributed by atoms with Crippen molar-refractivity contribution in [2.75, 3.05) is 0 Å². The smallest absolute Gasteiger partial charge is 0.223 e. The zero-order valence-electron chi connectivity index (χ0n) is 24.7. The maximum atomic E-state index is 13.9. The second-order valence-electron chi connectivity index (χ2n) is 12.3. The van der Waals surface area contributed by atoms with Gasteiger partial charge in [-0.3, -0.25) is 4.79 Å². The van der Waals surface area contributed by atoms with Crippen LogP contribution in [0.25, 0.3) is 0 Å². The molecule has 1 unspecified atom stereocenters. The number of nitrogens with one attached hydrogen (secondary N) is 1. The number of carbonyl (C=O) groups excluding carboxylic acids is 1. The number of pyridine rings is 1. The first kappa shape index (κ1) is 28.5. The van der Waals surface area contributed by atoms with Crippen LogP contribution in [0.3, 0.4) is 0 Å². The van der Waals surface area contributed by atoms with Crippen molar-refractivity contribution in [3.63, 3.8) is 0 Å². The van der Waals surface area contributed by atoms with Gasteiger partial charge in [-0.1, -0.05) is 56.8 Å². The molecule has 3 heterocycles. The molecule has 0 spiro atoms. The second-order valence-corrected chi connectivity index (χ2v) is 12.3. The highest BCUT2D eigenvalue weighted by atomic mass is 16.5. The predicted octanol–water partition coefficient (Wildman–Crippen LogP) is 5.92. The van der Waals surface area contributed by atoms with Crippen LogP contribution in [0.5, 0.6) is 5.88 Å². The molecule has 3 aliphatic carbocycles. The van der Waals surface area contributed by atoms with Crippen LogP contribution in [-0.2, 0) is 17.9 Å². The van der Waals surface area contributed by atoms with Crippen molar-refractivity contribution in [3.8, 4) is 5.88 Å². The van der Waals surface area contributed by atoms with E-state index in [1.807, 2.05) is 24.4 Å². The molecule has 9 heteroatoms. The second kappa shape index (κ2) is 13.6. The Kier molecular flexibility index (Phi) is 9.21. The Morgan fingerprint density at radius 2 is 1.90 bits per heavy atom. The number of rotatable bonds is 10. The number of aromatic nitrogens is 3. The highest BCUT2D eigenvalue weighted by Gasteiger charge is 2.34. The van der Waals surface area contributed by atoms with Crippen molar-refractivity contribution in [1.29, 1.82) is 0 Å². The Morgan fingerprint density at radius 3 is 2.64 bits per heavy atom. The van der Waals surface area contributed by atoms with Gasteiger partial charge in [0.25, 0.3) is 0 Å². The molecule has 1 aliphatic heterocycles. The summed E-state index contributed by atoms with van der Waals surface area (Å²) in [6.45, 7) is 1.20. The SMILES string of the molecule is NC1=Nc2cnc(OC3C=CC=CC3)cc2CN1[C@@H](CCC(=O)N(Cc1ncc[nH]1)C1CCCCC1)C1CCCCC1. The van der Waals surface area contributed by atoms with Gasteiger partial charge in [-0.25, -0.2) is 15.0 Å². The summed E-state index contributed by atoms with van der Waals surface area (Å²) >= 11 is 0. The maximum Gasteiger partial charge on any atom is 0.223 e. The van der Waals surface area contributed by atoms with Crippen LogP contribution in [0, 0.1) is 5.92 Å². The number of carbonyl (C=O) groups is 1. The Morgan fingerprint density at radius 1 is 1.10 bits per heavy atom. The molecule has 0 bridgehead atoms. The fourth-order valence-corrected chi connectivity index (χ4v) is 7.24. The number of fused-ring (bicyclic) bond motifs is 1. The van der Waals surface area contributed by atoms with Gasteiger partial charge < -0.3 is 25.3 Å². The van der Waals surface area contributed by atoms with Crippen molar-refractivity contribution < 1.29 is 9.53 Å². The summed E-state index contributed by atoms with van der Waals surface area (Å²) < 4.78 is 6.16. The molecule has 9 nitrogen and oxygen atoms in total. The van der Waals surface area contributed by atoms with E-state index in [9.17, 15) is 4.79 Å². The third-order valence-corrected chi connectivity index (χ3v) is 9.48. The first-order valence-corrected chi connectivity index (χ1v) is 16.0. The van der Waals surface area contributed by atoms with Crippen LogP contribution in [-0.4, -0.2) is 54.8 Å². The Bertz CT molecular complexity index is 1280. The molecule has 42 heavy (non-hydrogen) atoms. The van der Waals surface area contributed by atoms with Gasteiger partial charge in [0.2, 0.25) is 11.8 Å². The topological polar surface area (TPSA) is 113 Å². The van der Waals surface area contributed by atoms with Gasteiger partial charge in [-0.15, -0.1) is 0 Å². The predicted molar refractivity (Wildman–Crippen MR) is 164 cm³/mol. The van der Waals surface area contributed by atoms with Crippen LogP contribution in [0.4, 0.5) is 5.69 Å². The zero-order chi connectivity index (χ0) is 28.7. The van der Waals surface area contributed by atoms with Crippen LogP contribution in [0.1, 0.15) is 94.9 Å². The molecule has 3 N–H and O–H groups in total. The number of amides is 1. The number of ether oxygens (including phenoxy) is 1. The number of hydrogen-bond acceptors (Lipinski definition) is 7. The van der Waals surface area contributed by atoms with Gasteiger partial charge in [-0.2, -0.15) is 0 Å². The minimum atomic E-state index is -0.0110. The van der Waals surface area contributed by atoms with E-state index in [0.717, 1.165) is 42.8 Å². The normalized spacial score (nSPS) is 22.0. The lowest BCUT2D eigenvalue weighted by Crippen LogP contribution is -2.50. The fraction of sp³-hybridized carbons (Fsp3) is 0.576.